The zero-order valence-corrected chi connectivity index (χ0v) is 9.76. The van der Waals surface area contributed by atoms with E-state index in [1.807, 2.05) is 25.1 Å². The van der Waals surface area contributed by atoms with Crippen LogP contribution < -0.4 is 5.73 Å². The number of rotatable bonds is 4. The molecule has 0 heterocycles. The van der Waals surface area contributed by atoms with E-state index in [9.17, 15) is 4.79 Å². The number of nitrogen functional groups attached to an aromatic ring is 1. The molecule has 0 bridgehead atoms. The summed E-state index contributed by atoms with van der Waals surface area (Å²) >= 11 is 1.40. The van der Waals surface area contributed by atoms with Gasteiger partial charge in [0.1, 0.15) is 0 Å². The molecule has 1 aromatic carbocycles. The van der Waals surface area contributed by atoms with E-state index in [0.29, 0.717) is 18.0 Å². The van der Waals surface area contributed by atoms with Gasteiger partial charge in [-0.3, -0.25) is 4.79 Å². The number of ether oxygens (including phenoxy) is 1. The van der Waals surface area contributed by atoms with Crippen molar-refractivity contribution >= 4 is 23.4 Å². The van der Waals surface area contributed by atoms with Crippen LogP contribution in [0.1, 0.15) is 12.5 Å². The predicted octanol–water partition coefficient (Wildman–Crippen LogP) is 2.23. The van der Waals surface area contributed by atoms with Crippen molar-refractivity contribution in [3.63, 3.8) is 0 Å². The molecule has 0 saturated heterocycles. The predicted molar refractivity (Wildman–Crippen MR) is 62.9 cm³/mol. The van der Waals surface area contributed by atoms with Gasteiger partial charge in [0.15, 0.2) is 0 Å². The fourth-order valence-electron chi connectivity index (χ4n) is 1.14. The molecule has 0 radical (unpaired) electrons. The molecule has 0 saturated carbocycles. The van der Waals surface area contributed by atoms with Crippen LogP contribution in [-0.4, -0.2) is 18.3 Å². The first-order valence-electron chi connectivity index (χ1n) is 4.78. The molecule has 0 aliphatic carbocycles. The molecule has 0 unspecified atom stereocenters. The van der Waals surface area contributed by atoms with Crippen LogP contribution in [0.3, 0.4) is 0 Å². The summed E-state index contributed by atoms with van der Waals surface area (Å²) in [6, 6.07) is 5.80. The molecule has 4 heteroatoms. The monoisotopic (exact) mass is 225 g/mol. The summed E-state index contributed by atoms with van der Waals surface area (Å²) < 4.78 is 4.83. The van der Waals surface area contributed by atoms with Crippen molar-refractivity contribution in [2.45, 2.75) is 18.7 Å². The third kappa shape index (κ3) is 3.83. The first-order chi connectivity index (χ1) is 7.13. The smallest absolute Gasteiger partial charge is 0.316 e. The standard InChI is InChI=1S/C11H15NO2S/c1-3-14-11(13)7-15-10-5-4-8(2)6-9(10)12/h4-6H,3,7,12H2,1-2H3. The van der Waals surface area contributed by atoms with E-state index in [1.54, 1.807) is 6.92 Å². The topological polar surface area (TPSA) is 52.3 Å². The van der Waals surface area contributed by atoms with Crippen molar-refractivity contribution in [3.8, 4) is 0 Å². The second-order valence-corrected chi connectivity index (χ2v) is 4.15. The van der Waals surface area contributed by atoms with E-state index >= 15 is 0 Å². The third-order valence-electron chi connectivity index (χ3n) is 1.82. The first-order valence-corrected chi connectivity index (χ1v) is 5.76. The average molecular weight is 225 g/mol. The number of aryl methyl sites for hydroxylation is 1. The van der Waals surface area contributed by atoms with E-state index in [0.717, 1.165) is 10.5 Å². The zero-order chi connectivity index (χ0) is 11.3. The van der Waals surface area contributed by atoms with Crippen LogP contribution in [0.25, 0.3) is 0 Å². The van der Waals surface area contributed by atoms with Crippen LogP contribution in [0, 0.1) is 6.92 Å². The molecule has 1 rings (SSSR count). The molecule has 0 amide bonds. The maximum atomic E-state index is 11.1. The number of hydrogen-bond donors (Lipinski definition) is 1. The molecular formula is C11H15NO2S. The highest BCUT2D eigenvalue weighted by Gasteiger charge is 2.05. The minimum Gasteiger partial charge on any atom is -0.465 e. The average Bonchev–Trinajstić information content (AvgIpc) is 2.17. The Kier molecular flexibility index (Phi) is 4.49. The second-order valence-electron chi connectivity index (χ2n) is 3.13. The zero-order valence-electron chi connectivity index (χ0n) is 8.95. The Morgan fingerprint density at radius 2 is 2.27 bits per heavy atom. The summed E-state index contributed by atoms with van der Waals surface area (Å²) in [5, 5.41) is 0. The molecular weight excluding hydrogens is 210 g/mol. The molecule has 0 fully saturated rings. The summed E-state index contributed by atoms with van der Waals surface area (Å²) in [6.45, 7) is 4.20. The third-order valence-corrected chi connectivity index (χ3v) is 2.88. The van der Waals surface area contributed by atoms with Gasteiger partial charge in [0.05, 0.1) is 12.4 Å². The van der Waals surface area contributed by atoms with Gasteiger partial charge < -0.3 is 10.5 Å². The lowest BCUT2D eigenvalue weighted by Gasteiger charge is -2.05. The summed E-state index contributed by atoms with van der Waals surface area (Å²) in [5.74, 6) is 0.101. The van der Waals surface area contributed by atoms with Crippen molar-refractivity contribution in [1.29, 1.82) is 0 Å². The van der Waals surface area contributed by atoms with E-state index < -0.39 is 0 Å². The molecule has 0 aliphatic rings. The van der Waals surface area contributed by atoms with Gasteiger partial charge in [-0.1, -0.05) is 6.07 Å². The van der Waals surface area contributed by atoms with Gasteiger partial charge in [-0.25, -0.2) is 0 Å². The fourth-order valence-corrected chi connectivity index (χ4v) is 1.89. The van der Waals surface area contributed by atoms with Crippen LogP contribution >= 0.6 is 11.8 Å². The Balaban J connectivity index is 2.54. The van der Waals surface area contributed by atoms with Crippen LogP contribution in [0.4, 0.5) is 5.69 Å². The van der Waals surface area contributed by atoms with Gasteiger partial charge in [-0.15, -0.1) is 11.8 Å². The summed E-state index contributed by atoms with van der Waals surface area (Å²) in [5.41, 5.74) is 7.64. The van der Waals surface area contributed by atoms with Gasteiger partial charge in [0.25, 0.3) is 0 Å². The number of carbonyl (C=O) groups is 1. The highest BCUT2D eigenvalue weighted by molar-refractivity contribution is 8.00. The van der Waals surface area contributed by atoms with E-state index in [-0.39, 0.29) is 5.97 Å². The van der Waals surface area contributed by atoms with Crippen molar-refractivity contribution < 1.29 is 9.53 Å². The van der Waals surface area contributed by atoms with Gasteiger partial charge in [-0.05, 0) is 31.5 Å². The number of benzene rings is 1. The lowest BCUT2D eigenvalue weighted by Crippen LogP contribution is -2.06. The normalized spacial score (nSPS) is 10.0. The lowest BCUT2D eigenvalue weighted by atomic mass is 10.2. The Morgan fingerprint density at radius 1 is 1.53 bits per heavy atom. The van der Waals surface area contributed by atoms with Crippen LogP contribution in [0.5, 0.6) is 0 Å². The number of nitrogens with two attached hydrogens (primary N) is 1. The fraction of sp³-hybridized carbons (Fsp3) is 0.364. The quantitative estimate of drug-likeness (QED) is 0.485. The van der Waals surface area contributed by atoms with Crippen molar-refractivity contribution in [2.75, 3.05) is 18.1 Å². The van der Waals surface area contributed by atoms with E-state index in [1.165, 1.54) is 11.8 Å². The highest BCUT2D eigenvalue weighted by atomic mass is 32.2. The van der Waals surface area contributed by atoms with E-state index in [2.05, 4.69) is 0 Å². The SMILES string of the molecule is CCOC(=O)CSc1ccc(C)cc1N. The Hall–Kier alpha value is -1.16. The van der Waals surface area contributed by atoms with Crippen molar-refractivity contribution in [2.24, 2.45) is 0 Å². The van der Waals surface area contributed by atoms with Crippen molar-refractivity contribution in [3.05, 3.63) is 23.8 Å². The molecule has 0 atom stereocenters. The van der Waals surface area contributed by atoms with Gasteiger partial charge in [0.2, 0.25) is 0 Å². The van der Waals surface area contributed by atoms with Gasteiger partial charge in [-0.2, -0.15) is 0 Å². The molecule has 1 aromatic rings. The molecule has 0 aliphatic heterocycles. The Bertz CT molecular complexity index is 352. The summed E-state index contributed by atoms with van der Waals surface area (Å²) in [6.07, 6.45) is 0. The Labute approximate surface area is 94.0 Å². The van der Waals surface area contributed by atoms with Crippen LogP contribution in [-0.2, 0) is 9.53 Å². The van der Waals surface area contributed by atoms with Crippen LogP contribution in [0.15, 0.2) is 23.1 Å². The first kappa shape index (κ1) is 11.9. The molecule has 0 spiro atoms. The molecule has 2 N–H and O–H groups in total. The highest BCUT2D eigenvalue weighted by Crippen LogP contribution is 2.25. The number of anilines is 1. The Morgan fingerprint density at radius 3 is 2.87 bits per heavy atom. The van der Waals surface area contributed by atoms with Crippen LogP contribution in [0.2, 0.25) is 0 Å². The largest absolute Gasteiger partial charge is 0.465 e. The number of thioether (sulfide) groups is 1. The number of hydrogen-bond acceptors (Lipinski definition) is 4. The maximum absolute atomic E-state index is 11.1. The summed E-state index contributed by atoms with van der Waals surface area (Å²) in [7, 11) is 0. The second kappa shape index (κ2) is 5.66. The lowest BCUT2D eigenvalue weighted by molar-refractivity contribution is -0.139. The molecule has 0 aromatic heterocycles. The van der Waals surface area contributed by atoms with Crippen molar-refractivity contribution in [1.82, 2.24) is 0 Å². The number of esters is 1. The minimum atomic E-state index is -0.206. The summed E-state index contributed by atoms with van der Waals surface area (Å²) in [4.78, 5) is 12.0. The molecule has 3 nitrogen and oxygen atoms in total. The minimum absolute atomic E-state index is 0.206. The number of carbonyl (C=O) groups excluding carboxylic acids is 1. The molecule has 15 heavy (non-hydrogen) atoms. The van der Waals surface area contributed by atoms with E-state index in [4.69, 9.17) is 10.5 Å². The van der Waals surface area contributed by atoms with Gasteiger partial charge in [0, 0.05) is 10.6 Å². The maximum Gasteiger partial charge on any atom is 0.316 e. The molecule has 82 valence electrons. The van der Waals surface area contributed by atoms with Gasteiger partial charge >= 0.3 is 5.97 Å².